The van der Waals surface area contributed by atoms with Crippen LogP contribution in [-0.4, -0.2) is 5.91 Å². The minimum absolute atomic E-state index is 0.0470. The van der Waals surface area contributed by atoms with E-state index in [0.29, 0.717) is 0 Å². The summed E-state index contributed by atoms with van der Waals surface area (Å²) in [6.45, 7) is -0.0916. The number of carbonyl (C=O) groups is 1. The number of carbonyl (C=O) groups excluding carboxylic acids is 1. The second kappa shape index (κ2) is 5.85. The van der Waals surface area contributed by atoms with Crippen LogP contribution in [0.1, 0.15) is 21.5 Å². The number of nitriles is 1. The largest absolute Gasteiger partial charge is 0.488 e. The summed E-state index contributed by atoms with van der Waals surface area (Å²) in [7, 11) is 0. The zero-order chi connectivity index (χ0) is 14.5. The molecule has 0 aliphatic heterocycles. The van der Waals surface area contributed by atoms with Gasteiger partial charge in [-0.3, -0.25) is 4.79 Å². The van der Waals surface area contributed by atoms with E-state index in [1.807, 2.05) is 0 Å². The highest BCUT2D eigenvalue weighted by molar-refractivity contribution is 5.95. The highest BCUT2D eigenvalue weighted by Crippen LogP contribution is 2.20. The molecule has 5 heteroatoms. The van der Waals surface area contributed by atoms with Gasteiger partial charge in [-0.2, -0.15) is 5.26 Å². The monoisotopic (exact) mass is 270 g/mol. The number of primary amides is 1. The minimum Gasteiger partial charge on any atom is -0.488 e. The maximum Gasteiger partial charge on any atom is 0.252 e. The van der Waals surface area contributed by atoms with Crippen molar-refractivity contribution in [2.75, 3.05) is 0 Å². The van der Waals surface area contributed by atoms with Crippen LogP contribution in [0, 0.1) is 17.1 Å². The molecule has 0 fully saturated rings. The van der Waals surface area contributed by atoms with Crippen molar-refractivity contribution in [2.45, 2.75) is 6.61 Å². The molecule has 0 bridgehead atoms. The van der Waals surface area contributed by atoms with E-state index in [1.54, 1.807) is 30.3 Å². The van der Waals surface area contributed by atoms with Gasteiger partial charge in [0.1, 0.15) is 24.2 Å². The van der Waals surface area contributed by atoms with Crippen molar-refractivity contribution >= 4 is 5.91 Å². The van der Waals surface area contributed by atoms with E-state index in [-0.39, 0.29) is 29.0 Å². The zero-order valence-electron chi connectivity index (χ0n) is 10.5. The molecular formula is C15H11FN2O2. The topological polar surface area (TPSA) is 76.1 Å². The molecule has 0 saturated heterocycles. The van der Waals surface area contributed by atoms with Crippen molar-refractivity contribution in [3.63, 3.8) is 0 Å². The maximum absolute atomic E-state index is 13.8. The van der Waals surface area contributed by atoms with Crippen molar-refractivity contribution in [1.29, 1.82) is 5.26 Å². The Kier molecular flexibility index (Phi) is 3.96. The normalized spacial score (nSPS) is 9.80. The molecule has 2 aromatic rings. The molecule has 0 aromatic heterocycles. The number of rotatable bonds is 4. The lowest BCUT2D eigenvalue weighted by atomic mass is 10.1. The molecule has 1 amide bonds. The fraction of sp³-hybridized carbons (Fsp3) is 0.0667. The summed E-state index contributed by atoms with van der Waals surface area (Å²) < 4.78 is 19.3. The van der Waals surface area contributed by atoms with Gasteiger partial charge in [0.2, 0.25) is 0 Å². The third-order valence-electron chi connectivity index (χ3n) is 2.73. The maximum atomic E-state index is 13.8. The first-order valence-corrected chi connectivity index (χ1v) is 5.82. The summed E-state index contributed by atoms with van der Waals surface area (Å²) >= 11 is 0. The fourth-order valence-corrected chi connectivity index (χ4v) is 1.73. The van der Waals surface area contributed by atoms with Crippen molar-refractivity contribution in [1.82, 2.24) is 0 Å². The van der Waals surface area contributed by atoms with Crippen molar-refractivity contribution in [3.05, 3.63) is 65.0 Å². The lowest BCUT2D eigenvalue weighted by Crippen LogP contribution is -2.13. The van der Waals surface area contributed by atoms with E-state index in [2.05, 4.69) is 0 Å². The number of benzene rings is 2. The summed E-state index contributed by atoms with van der Waals surface area (Å²) in [5.74, 6) is -0.958. The third kappa shape index (κ3) is 2.75. The van der Waals surface area contributed by atoms with E-state index in [1.165, 1.54) is 18.2 Å². The Balaban J connectivity index is 2.22. The van der Waals surface area contributed by atoms with Gasteiger partial charge in [0.25, 0.3) is 5.91 Å². The molecule has 20 heavy (non-hydrogen) atoms. The standard InChI is InChI=1S/C15H11FN2O2/c16-14-10(8-17)4-3-5-11(14)9-20-13-7-2-1-6-12(13)15(18)19/h1-7H,9H2,(H2,18,19). The fourth-order valence-electron chi connectivity index (χ4n) is 1.73. The second-order valence-electron chi connectivity index (χ2n) is 4.04. The lowest BCUT2D eigenvalue weighted by molar-refractivity contribution is 0.0996. The number of halogens is 1. The molecule has 0 unspecified atom stereocenters. The average Bonchev–Trinajstić information content (AvgIpc) is 2.46. The Bertz CT molecular complexity index is 693. The molecule has 2 rings (SSSR count). The van der Waals surface area contributed by atoms with Gasteiger partial charge in [0.15, 0.2) is 0 Å². The van der Waals surface area contributed by atoms with Crippen LogP contribution in [0.25, 0.3) is 0 Å². The molecular weight excluding hydrogens is 259 g/mol. The van der Waals surface area contributed by atoms with Crippen molar-refractivity contribution < 1.29 is 13.9 Å². The number of nitrogens with zero attached hydrogens (tertiary/aromatic N) is 1. The molecule has 0 aliphatic carbocycles. The number of hydrogen-bond acceptors (Lipinski definition) is 3. The molecule has 0 atom stereocenters. The first-order valence-electron chi connectivity index (χ1n) is 5.82. The van der Waals surface area contributed by atoms with E-state index < -0.39 is 11.7 Å². The van der Waals surface area contributed by atoms with Gasteiger partial charge in [0, 0.05) is 5.56 Å². The quantitative estimate of drug-likeness (QED) is 0.926. The molecule has 2 N–H and O–H groups in total. The van der Waals surface area contributed by atoms with Gasteiger partial charge in [-0.05, 0) is 18.2 Å². The predicted octanol–water partition coefficient (Wildman–Crippen LogP) is 2.38. The molecule has 4 nitrogen and oxygen atoms in total. The Morgan fingerprint density at radius 2 is 2.00 bits per heavy atom. The minimum atomic E-state index is -0.619. The highest BCUT2D eigenvalue weighted by Gasteiger charge is 2.11. The van der Waals surface area contributed by atoms with Gasteiger partial charge in [0.05, 0.1) is 11.1 Å². The Hall–Kier alpha value is -2.87. The predicted molar refractivity (Wildman–Crippen MR) is 70.4 cm³/mol. The van der Waals surface area contributed by atoms with Crippen LogP contribution >= 0.6 is 0 Å². The van der Waals surface area contributed by atoms with Gasteiger partial charge in [-0.15, -0.1) is 0 Å². The summed E-state index contributed by atoms with van der Waals surface area (Å²) in [5.41, 5.74) is 5.64. The zero-order valence-corrected chi connectivity index (χ0v) is 10.5. The van der Waals surface area contributed by atoms with Crippen molar-refractivity contribution in [3.8, 4) is 11.8 Å². The first-order chi connectivity index (χ1) is 9.63. The molecule has 0 heterocycles. The average molecular weight is 270 g/mol. The lowest BCUT2D eigenvalue weighted by Gasteiger charge is -2.10. The molecule has 0 spiro atoms. The summed E-state index contributed by atoms with van der Waals surface area (Å²) in [5, 5.41) is 8.75. The van der Waals surface area contributed by atoms with Crippen LogP contribution in [0.4, 0.5) is 4.39 Å². The smallest absolute Gasteiger partial charge is 0.252 e. The first kappa shape index (κ1) is 13.6. The van der Waals surface area contributed by atoms with Gasteiger partial charge < -0.3 is 10.5 Å². The molecule has 2 aromatic carbocycles. The van der Waals surface area contributed by atoms with Crippen LogP contribution in [0.5, 0.6) is 5.75 Å². The van der Waals surface area contributed by atoms with E-state index >= 15 is 0 Å². The number of amides is 1. The number of para-hydroxylation sites is 1. The molecule has 0 aliphatic rings. The van der Waals surface area contributed by atoms with Crippen LogP contribution < -0.4 is 10.5 Å². The van der Waals surface area contributed by atoms with E-state index in [9.17, 15) is 9.18 Å². The van der Waals surface area contributed by atoms with Crippen LogP contribution in [0.3, 0.4) is 0 Å². The Morgan fingerprint density at radius 1 is 1.25 bits per heavy atom. The van der Waals surface area contributed by atoms with E-state index in [0.717, 1.165) is 0 Å². The Morgan fingerprint density at radius 3 is 2.70 bits per heavy atom. The molecule has 0 saturated carbocycles. The van der Waals surface area contributed by atoms with Gasteiger partial charge >= 0.3 is 0 Å². The summed E-state index contributed by atoms with van der Waals surface area (Å²) in [4.78, 5) is 11.2. The van der Waals surface area contributed by atoms with Crippen LogP contribution in [0.15, 0.2) is 42.5 Å². The SMILES string of the molecule is N#Cc1cccc(COc2ccccc2C(N)=O)c1F. The second-order valence-corrected chi connectivity index (χ2v) is 4.04. The van der Waals surface area contributed by atoms with Gasteiger partial charge in [-0.25, -0.2) is 4.39 Å². The van der Waals surface area contributed by atoms with Crippen LogP contribution in [-0.2, 0) is 6.61 Å². The summed E-state index contributed by atoms with van der Waals surface area (Å²) in [6.07, 6.45) is 0. The molecule has 0 radical (unpaired) electrons. The number of hydrogen-bond donors (Lipinski definition) is 1. The number of nitrogens with two attached hydrogens (primary N) is 1. The third-order valence-corrected chi connectivity index (χ3v) is 2.73. The van der Waals surface area contributed by atoms with E-state index in [4.69, 9.17) is 15.7 Å². The van der Waals surface area contributed by atoms with Crippen molar-refractivity contribution in [2.24, 2.45) is 5.73 Å². The summed E-state index contributed by atoms with van der Waals surface area (Å²) in [6, 6.07) is 12.7. The number of ether oxygens (including phenoxy) is 1. The Labute approximate surface area is 115 Å². The highest BCUT2D eigenvalue weighted by atomic mass is 19.1. The van der Waals surface area contributed by atoms with Gasteiger partial charge in [-0.1, -0.05) is 24.3 Å². The molecule has 100 valence electrons. The van der Waals surface area contributed by atoms with Crippen LogP contribution in [0.2, 0.25) is 0 Å².